The van der Waals surface area contributed by atoms with Crippen LogP contribution in [0.25, 0.3) is 49.6 Å². The van der Waals surface area contributed by atoms with Crippen molar-refractivity contribution in [2.45, 2.75) is 19.3 Å². The Hall–Kier alpha value is -3.78. The molecule has 0 spiro atoms. The van der Waals surface area contributed by atoms with Crippen molar-refractivity contribution in [2.24, 2.45) is 0 Å². The van der Waals surface area contributed by atoms with E-state index in [1.54, 1.807) is 6.26 Å². The maximum absolute atomic E-state index is 5.99. The third-order valence-electron chi connectivity index (χ3n) is 7.08. The van der Waals surface area contributed by atoms with Crippen molar-refractivity contribution in [1.29, 1.82) is 0 Å². The van der Waals surface area contributed by atoms with Crippen molar-refractivity contribution in [2.75, 3.05) is 0 Å². The Morgan fingerprint density at radius 3 is 2.45 bits per heavy atom. The topological polar surface area (TPSA) is 18.1 Å². The quantitative estimate of drug-likeness (QED) is 0.275. The first-order chi connectivity index (χ1) is 15.1. The van der Waals surface area contributed by atoms with Crippen LogP contribution in [0.2, 0.25) is 0 Å². The molecule has 0 saturated heterocycles. The van der Waals surface area contributed by atoms with Crippen LogP contribution >= 0.6 is 0 Å². The first kappa shape index (κ1) is 17.0. The summed E-state index contributed by atoms with van der Waals surface area (Å²) in [6.07, 6.45) is 1.79. The van der Waals surface area contributed by atoms with Crippen LogP contribution in [0.3, 0.4) is 0 Å². The number of nitrogens with zero attached hydrogens (tertiary/aromatic N) is 1. The predicted octanol–water partition coefficient (Wildman–Crippen LogP) is 7.84. The standard InChI is InChI=1S/C29H21NO/c1-29(2)24-9-5-3-7-20(24)21-14-12-19(17-25(21)29)30-26-10-6-4-8-22(26)23-13-11-18-15-16-31-28(18)27(23)30/h3-17H,1-2H3. The van der Waals surface area contributed by atoms with Crippen molar-refractivity contribution in [3.63, 3.8) is 0 Å². The predicted molar refractivity (Wildman–Crippen MR) is 128 cm³/mol. The third-order valence-corrected chi connectivity index (χ3v) is 7.08. The minimum absolute atomic E-state index is 0.0271. The lowest BCUT2D eigenvalue weighted by Gasteiger charge is -2.22. The summed E-state index contributed by atoms with van der Waals surface area (Å²) in [4.78, 5) is 0. The van der Waals surface area contributed by atoms with Crippen molar-refractivity contribution >= 4 is 32.8 Å². The van der Waals surface area contributed by atoms with Crippen LogP contribution in [0, 0.1) is 0 Å². The smallest absolute Gasteiger partial charge is 0.158 e. The molecule has 0 atom stereocenters. The molecule has 2 aromatic heterocycles. The molecule has 2 nitrogen and oxygen atoms in total. The lowest BCUT2D eigenvalue weighted by atomic mass is 9.82. The molecule has 148 valence electrons. The second-order valence-electron chi connectivity index (χ2n) is 9.05. The Morgan fingerprint density at radius 1 is 0.710 bits per heavy atom. The number of aromatic nitrogens is 1. The van der Waals surface area contributed by atoms with Gasteiger partial charge in [-0.3, -0.25) is 0 Å². The largest absolute Gasteiger partial charge is 0.462 e. The van der Waals surface area contributed by atoms with Crippen LogP contribution in [-0.2, 0) is 5.41 Å². The average Bonchev–Trinajstić information content (AvgIpc) is 3.46. The monoisotopic (exact) mass is 399 g/mol. The molecule has 0 saturated carbocycles. The molecule has 0 fully saturated rings. The fourth-order valence-corrected chi connectivity index (χ4v) is 5.57. The zero-order valence-electron chi connectivity index (χ0n) is 17.5. The summed E-state index contributed by atoms with van der Waals surface area (Å²) in [5.74, 6) is 0. The fraction of sp³-hybridized carbons (Fsp3) is 0.103. The van der Waals surface area contributed by atoms with Gasteiger partial charge in [0.2, 0.25) is 0 Å². The molecule has 6 aromatic rings. The van der Waals surface area contributed by atoms with Crippen LogP contribution in [-0.4, -0.2) is 4.57 Å². The Bertz CT molecular complexity index is 1660. The van der Waals surface area contributed by atoms with E-state index >= 15 is 0 Å². The van der Waals surface area contributed by atoms with E-state index < -0.39 is 0 Å². The molecule has 0 bridgehead atoms. The first-order valence-corrected chi connectivity index (χ1v) is 10.8. The lowest BCUT2D eigenvalue weighted by molar-refractivity contribution is 0.618. The minimum atomic E-state index is -0.0271. The van der Waals surface area contributed by atoms with E-state index in [4.69, 9.17) is 4.42 Å². The van der Waals surface area contributed by atoms with Gasteiger partial charge in [0.25, 0.3) is 0 Å². The van der Waals surface area contributed by atoms with E-state index in [1.807, 2.05) is 6.07 Å². The van der Waals surface area contributed by atoms with Crippen LogP contribution < -0.4 is 0 Å². The highest BCUT2D eigenvalue weighted by atomic mass is 16.3. The second kappa shape index (κ2) is 5.67. The Balaban J connectivity index is 1.60. The number of fused-ring (bicyclic) bond motifs is 8. The van der Waals surface area contributed by atoms with E-state index in [0.717, 1.165) is 16.5 Å². The molecule has 4 aromatic carbocycles. The molecule has 1 aliphatic rings. The molecule has 0 amide bonds. The molecular formula is C29H21NO. The molecule has 1 aliphatic carbocycles. The summed E-state index contributed by atoms with van der Waals surface area (Å²) in [5, 5.41) is 3.60. The van der Waals surface area contributed by atoms with Crippen LogP contribution in [0.1, 0.15) is 25.0 Å². The highest BCUT2D eigenvalue weighted by Gasteiger charge is 2.35. The number of hydrogen-bond donors (Lipinski definition) is 0. The van der Waals surface area contributed by atoms with Gasteiger partial charge < -0.3 is 8.98 Å². The zero-order valence-corrected chi connectivity index (χ0v) is 17.5. The van der Waals surface area contributed by atoms with Gasteiger partial charge in [-0.25, -0.2) is 0 Å². The Labute approximate surface area is 180 Å². The van der Waals surface area contributed by atoms with Gasteiger partial charge in [0.15, 0.2) is 5.58 Å². The number of hydrogen-bond acceptors (Lipinski definition) is 1. The summed E-state index contributed by atoms with van der Waals surface area (Å²) in [6, 6.07) is 30.8. The van der Waals surface area contributed by atoms with E-state index in [0.29, 0.717) is 0 Å². The van der Waals surface area contributed by atoms with Gasteiger partial charge in [-0.15, -0.1) is 0 Å². The highest BCUT2D eigenvalue weighted by molar-refractivity contribution is 6.17. The van der Waals surface area contributed by atoms with Gasteiger partial charge in [0, 0.05) is 27.3 Å². The first-order valence-electron chi connectivity index (χ1n) is 10.8. The number of benzene rings is 4. The van der Waals surface area contributed by atoms with Gasteiger partial charge in [-0.05, 0) is 46.5 Å². The van der Waals surface area contributed by atoms with Gasteiger partial charge in [0.1, 0.15) is 0 Å². The van der Waals surface area contributed by atoms with E-state index in [9.17, 15) is 0 Å². The highest BCUT2D eigenvalue weighted by Crippen LogP contribution is 2.49. The normalized spacial score (nSPS) is 14.4. The molecule has 2 heterocycles. The summed E-state index contributed by atoms with van der Waals surface area (Å²) >= 11 is 0. The Kier molecular flexibility index (Phi) is 3.10. The SMILES string of the molecule is CC1(C)c2ccccc2-c2ccc(-n3c4ccccc4c4ccc5ccoc5c43)cc21. The molecule has 0 N–H and O–H groups in total. The van der Waals surface area contributed by atoms with Gasteiger partial charge in [0.05, 0.1) is 17.3 Å². The molecule has 0 radical (unpaired) electrons. The summed E-state index contributed by atoms with van der Waals surface area (Å²) in [6.45, 7) is 4.66. The van der Waals surface area contributed by atoms with Crippen molar-refractivity contribution in [3.8, 4) is 16.8 Å². The molecule has 0 unspecified atom stereocenters. The third kappa shape index (κ3) is 2.07. The zero-order chi connectivity index (χ0) is 20.7. The molecule has 7 rings (SSSR count). The van der Waals surface area contributed by atoms with E-state index in [-0.39, 0.29) is 5.41 Å². The van der Waals surface area contributed by atoms with Gasteiger partial charge in [-0.1, -0.05) is 74.5 Å². The maximum atomic E-state index is 5.99. The molecule has 31 heavy (non-hydrogen) atoms. The fourth-order valence-electron chi connectivity index (χ4n) is 5.57. The second-order valence-corrected chi connectivity index (χ2v) is 9.05. The van der Waals surface area contributed by atoms with Gasteiger partial charge in [-0.2, -0.15) is 0 Å². The lowest BCUT2D eigenvalue weighted by Crippen LogP contribution is -2.15. The number of rotatable bonds is 1. The summed E-state index contributed by atoms with van der Waals surface area (Å²) in [7, 11) is 0. The summed E-state index contributed by atoms with van der Waals surface area (Å²) < 4.78 is 8.36. The van der Waals surface area contributed by atoms with Crippen LogP contribution in [0.15, 0.2) is 95.6 Å². The number of para-hydroxylation sites is 1. The Morgan fingerprint density at radius 2 is 1.52 bits per heavy atom. The van der Waals surface area contributed by atoms with Crippen molar-refractivity contribution in [1.82, 2.24) is 4.57 Å². The average molecular weight is 399 g/mol. The molecular weight excluding hydrogens is 378 g/mol. The van der Waals surface area contributed by atoms with Crippen LogP contribution in [0.4, 0.5) is 0 Å². The van der Waals surface area contributed by atoms with Crippen molar-refractivity contribution < 1.29 is 4.42 Å². The van der Waals surface area contributed by atoms with Crippen LogP contribution in [0.5, 0.6) is 0 Å². The van der Waals surface area contributed by atoms with E-state index in [1.165, 1.54) is 44.2 Å². The van der Waals surface area contributed by atoms with E-state index in [2.05, 4.69) is 97.3 Å². The number of furan rings is 1. The van der Waals surface area contributed by atoms with Crippen molar-refractivity contribution in [3.05, 3.63) is 102 Å². The molecule has 2 heteroatoms. The molecule has 0 aliphatic heterocycles. The minimum Gasteiger partial charge on any atom is -0.462 e. The van der Waals surface area contributed by atoms with Gasteiger partial charge >= 0.3 is 0 Å². The maximum Gasteiger partial charge on any atom is 0.158 e. The summed E-state index contributed by atoms with van der Waals surface area (Å²) in [5.41, 5.74) is 9.90.